The lowest BCUT2D eigenvalue weighted by Gasteiger charge is -2.05. The van der Waals surface area contributed by atoms with Gasteiger partial charge >= 0.3 is 0 Å². The van der Waals surface area contributed by atoms with E-state index in [2.05, 4.69) is 0 Å². The second kappa shape index (κ2) is 8.34. The highest BCUT2D eigenvalue weighted by Crippen LogP contribution is 2.21. The Morgan fingerprint density at radius 1 is 0.609 bits per heavy atom. The Labute approximate surface area is 134 Å². The van der Waals surface area contributed by atoms with E-state index >= 15 is 0 Å². The van der Waals surface area contributed by atoms with Gasteiger partial charge in [0.1, 0.15) is 18.1 Å². The van der Waals surface area contributed by atoms with Crippen LogP contribution >= 0.6 is 0 Å². The maximum absolute atomic E-state index is 9.09. The van der Waals surface area contributed by atoms with Crippen molar-refractivity contribution in [3.63, 3.8) is 0 Å². The number of ether oxygens (including phenoxy) is 1. The fourth-order valence-electron chi connectivity index (χ4n) is 1.75. The molecule has 0 radical (unpaired) electrons. The lowest BCUT2D eigenvalue weighted by atomic mass is 10.2. The highest BCUT2D eigenvalue weighted by atomic mass is 16.5. The van der Waals surface area contributed by atoms with Gasteiger partial charge in [-0.3, -0.25) is 0 Å². The molecule has 0 atom stereocenters. The van der Waals surface area contributed by atoms with Crippen LogP contribution in [0.1, 0.15) is 5.56 Å². The Kier molecular flexibility index (Phi) is 5.89. The summed E-state index contributed by atoms with van der Waals surface area (Å²) in [6.07, 6.45) is 0. The first kappa shape index (κ1) is 16.2. The van der Waals surface area contributed by atoms with Gasteiger partial charge in [-0.1, -0.05) is 42.5 Å². The quantitative estimate of drug-likeness (QED) is 0.638. The maximum atomic E-state index is 9.09. The van der Waals surface area contributed by atoms with Crippen LogP contribution in [0.15, 0.2) is 78.9 Å². The standard InChI is InChI=1S/C13H12O2.C6H6O2/c14-12-6-8-13(9-7-12)15-10-11-4-2-1-3-5-11;7-5-3-1-2-4-6(5)8/h1-9,14H,10H2;1-4,7-8H. The van der Waals surface area contributed by atoms with Crippen LogP contribution in [0.25, 0.3) is 0 Å². The molecule has 0 spiro atoms. The molecule has 0 fully saturated rings. The number of para-hydroxylation sites is 2. The second-order valence-electron chi connectivity index (χ2n) is 4.76. The van der Waals surface area contributed by atoms with Gasteiger partial charge in [0, 0.05) is 0 Å². The Hall–Kier alpha value is -3.14. The van der Waals surface area contributed by atoms with Crippen LogP contribution < -0.4 is 4.74 Å². The molecule has 0 heterocycles. The van der Waals surface area contributed by atoms with Crippen LogP contribution in [0.5, 0.6) is 23.0 Å². The first-order valence-electron chi connectivity index (χ1n) is 7.08. The summed E-state index contributed by atoms with van der Waals surface area (Å²) in [5.41, 5.74) is 1.13. The highest BCUT2D eigenvalue weighted by molar-refractivity contribution is 5.36. The van der Waals surface area contributed by atoms with Gasteiger partial charge in [0.15, 0.2) is 11.5 Å². The van der Waals surface area contributed by atoms with Gasteiger partial charge in [-0.15, -0.1) is 0 Å². The zero-order valence-corrected chi connectivity index (χ0v) is 12.5. The van der Waals surface area contributed by atoms with Crippen LogP contribution in [0.2, 0.25) is 0 Å². The molecule has 0 aromatic heterocycles. The molecule has 0 unspecified atom stereocenters. The molecule has 3 N–H and O–H groups in total. The molecule has 0 bridgehead atoms. The van der Waals surface area contributed by atoms with Crippen molar-refractivity contribution in [3.05, 3.63) is 84.4 Å². The largest absolute Gasteiger partial charge is 0.508 e. The fourth-order valence-corrected chi connectivity index (χ4v) is 1.75. The number of phenols is 3. The Balaban J connectivity index is 0.000000203. The molecule has 0 aliphatic carbocycles. The van der Waals surface area contributed by atoms with Gasteiger partial charge in [-0.05, 0) is 42.0 Å². The summed E-state index contributed by atoms with van der Waals surface area (Å²) >= 11 is 0. The minimum Gasteiger partial charge on any atom is -0.508 e. The Morgan fingerprint density at radius 3 is 1.65 bits per heavy atom. The van der Waals surface area contributed by atoms with Gasteiger partial charge in [0.2, 0.25) is 0 Å². The third-order valence-electron chi connectivity index (χ3n) is 2.97. The van der Waals surface area contributed by atoms with E-state index in [-0.39, 0.29) is 17.2 Å². The van der Waals surface area contributed by atoms with Crippen LogP contribution in [0.3, 0.4) is 0 Å². The molecule has 118 valence electrons. The average Bonchev–Trinajstić information content (AvgIpc) is 2.59. The van der Waals surface area contributed by atoms with E-state index in [1.54, 1.807) is 36.4 Å². The Bertz CT molecular complexity index is 688. The van der Waals surface area contributed by atoms with Crippen molar-refractivity contribution < 1.29 is 20.1 Å². The van der Waals surface area contributed by atoms with Gasteiger partial charge in [-0.2, -0.15) is 0 Å². The number of hydrogen-bond donors (Lipinski definition) is 3. The monoisotopic (exact) mass is 310 g/mol. The zero-order valence-electron chi connectivity index (χ0n) is 12.5. The molecule has 4 nitrogen and oxygen atoms in total. The topological polar surface area (TPSA) is 69.9 Å². The number of phenolic OH excluding ortho intramolecular Hbond substituents is 3. The Morgan fingerprint density at radius 2 is 1.13 bits per heavy atom. The highest BCUT2D eigenvalue weighted by Gasteiger charge is 1.95. The molecule has 4 heteroatoms. The van der Waals surface area contributed by atoms with Crippen LogP contribution in [-0.4, -0.2) is 15.3 Å². The van der Waals surface area contributed by atoms with Gasteiger partial charge in [-0.25, -0.2) is 0 Å². The van der Waals surface area contributed by atoms with E-state index in [0.717, 1.165) is 11.3 Å². The normalized spacial score (nSPS) is 9.57. The number of rotatable bonds is 3. The molecule has 0 saturated carbocycles. The zero-order chi connectivity index (χ0) is 16.5. The van der Waals surface area contributed by atoms with Gasteiger partial charge in [0.25, 0.3) is 0 Å². The van der Waals surface area contributed by atoms with Gasteiger partial charge < -0.3 is 20.1 Å². The van der Waals surface area contributed by atoms with Gasteiger partial charge in [0.05, 0.1) is 0 Å². The first-order chi connectivity index (χ1) is 11.1. The SMILES string of the molecule is Oc1ccc(OCc2ccccc2)cc1.Oc1ccccc1O. The molecule has 0 aliphatic heterocycles. The van der Waals surface area contributed by atoms with E-state index in [1.807, 2.05) is 30.3 Å². The summed E-state index contributed by atoms with van der Waals surface area (Å²) in [5.74, 6) is 0.860. The summed E-state index contributed by atoms with van der Waals surface area (Å²) < 4.78 is 5.54. The van der Waals surface area contributed by atoms with E-state index in [0.29, 0.717) is 6.61 Å². The molecule has 3 aromatic carbocycles. The predicted octanol–water partition coefficient (Wildman–Crippen LogP) is 4.07. The lowest BCUT2D eigenvalue weighted by Crippen LogP contribution is -1.94. The number of aromatic hydroxyl groups is 3. The van der Waals surface area contributed by atoms with Crippen LogP contribution in [0, 0.1) is 0 Å². The second-order valence-corrected chi connectivity index (χ2v) is 4.76. The van der Waals surface area contributed by atoms with Crippen molar-refractivity contribution in [1.82, 2.24) is 0 Å². The minimum absolute atomic E-state index is 0.0764. The summed E-state index contributed by atoms with van der Waals surface area (Å²) in [6, 6.07) is 22.8. The molecule has 0 saturated heterocycles. The molecule has 3 rings (SSSR count). The summed E-state index contributed by atoms with van der Waals surface area (Å²) in [4.78, 5) is 0. The molecule has 23 heavy (non-hydrogen) atoms. The molecular weight excluding hydrogens is 292 g/mol. The maximum Gasteiger partial charge on any atom is 0.157 e. The molecule has 0 amide bonds. The first-order valence-corrected chi connectivity index (χ1v) is 7.08. The predicted molar refractivity (Wildman–Crippen MR) is 88.7 cm³/mol. The lowest BCUT2D eigenvalue weighted by molar-refractivity contribution is 0.305. The van der Waals surface area contributed by atoms with E-state index < -0.39 is 0 Å². The summed E-state index contributed by atoms with van der Waals surface area (Å²) in [7, 11) is 0. The number of hydrogen-bond acceptors (Lipinski definition) is 4. The third kappa shape index (κ3) is 5.63. The van der Waals surface area contributed by atoms with Crippen molar-refractivity contribution in [2.75, 3.05) is 0 Å². The van der Waals surface area contributed by atoms with E-state index in [1.165, 1.54) is 12.1 Å². The van der Waals surface area contributed by atoms with Crippen molar-refractivity contribution in [2.24, 2.45) is 0 Å². The van der Waals surface area contributed by atoms with Crippen molar-refractivity contribution in [1.29, 1.82) is 0 Å². The molecule has 3 aromatic rings. The summed E-state index contributed by atoms with van der Waals surface area (Å²) in [6.45, 7) is 0.547. The van der Waals surface area contributed by atoms with Crippen molar-refractivity contribution in [2.45, 2.75) is 6.61 Å². The van der Waals surface area contributed by atoms with Crippen LogP contribution in [-0.2, 0) is 6.61 Å². The fraction of sp³-hybridized carbons (Fsp3) is 0.0526. The van der Waals surface area contributed by atoms with E-state index in [4.69, 9.17) is 20.1 Å². The third-order valence-corrected chi connectivity index (χ3v) is 2.97. The smallest absolute Gasteiger partial charge is 0.157 e. The molecule has 0 aliphatic rings. The van der Waals surface area contributed by atoms with Crippen molar-refractivity contribution >= 4 is 0 Å². The summed E-state index contributed by atoms with van der Waals surface area (Å²) in [5, 5.41) is 26.4. The number of benzene rings is 3. The van der Waals surface area contributed by atoms with Crippen molar-refractivity contribution in [3.8, 4) is 23.0 Å². The molecular formula is C19H18O4. The average molecular weight is 310 g/mol. The van der Waals surface area contributed by atoms with E-state index in [9.17, 15) is 0 Å². The minimum atomic E-state index is -0.0764. The van der Waals surface area contributed by atoms with Crippen LogP contribution in [0.4, 0.5) is 0 Å².